The maximum atomic E-state index is 16.2. The second kappa shape index (κ2) is 18.9. The van der Waals surface area contributed by atoms with Crippen LogP contribution < -0.4 is 10.2 Å². The SMILES string of the molecule is CC(C)c1cccc(C(C)C)c1NC(=O)c1cc2oc3ccccc3c3ccccc3oc3cc4c5c(cc6oc7ccccc7c7ccccc7oc7cc(C=O)c1c1c7c6c5c3c21)C(=O)N(c1c(C(C)C)cccc1C(C)C)C4=O. The van der Waals surface area contributed by atoms with Crippen molar-refractivity contribution in [2.75, 3.05) is 10.2 Å². The van der Waals surface area contributed by atoms with E-state index in [1.807, 2.05) is 133 Å². The van der Waals surface area contributed by atoms with E-state index in [9.17, 15) is 4.79 Å². The van der Waals surface area contributed by atoms with Gasteiger partial charge in [0.15, 0.2) is 6.29 Å². The number of hydrogen-bond donors (Lipinski definition) is 1. The Balaban J connectivity index is 1.29. The summed E-state index contributed by atoms with van der Waals surface area (Å²) in [6.07, 6.45) is 0.757. The quantitative estimate of drug-likeness (QED) is 0.0688. The van der Waals surface area contributed by atoms with Gasteiger partial charge in [0.05, 0.1) is 22.4 Å². The van der Waals surface area contributed by atoms with Gasteiger partial charge in [0.25, 0.3) is 17.7 Å². The average molecular weight is 1080 g/mol. The summed E-state index contributed by atoms with van der Waals surface area (Å²) in [4.78, 5) is 63.8. The lowest BCUT2D eigenvalue weighted by Crippen LogP contribution is -2.41. The van der Waals surface area contributed by atoms with Gasteiger partial charge in [0.2, 0.25) is 0 Å². The Morgan fingerprint density at radius 3 is 1.15 bits per heavy atom. The number of amides is 3. The minimum atomic E-state index is -0.524. The van der Waals surface area contributed by atoms with Crippen LogP contribution in [0.4, 0.5) is 11.4 Å². The van der Waals surface area contributed by atoms with Crippen LogP contribution in [-0.2, 0) is 0 Å². The molecule has 0 unspecified atom stereocenters. The largest absolute Gasteiger partial charge is 0.456 e. The van der Waals surface area contributed by atoms with E-state index in [1.54, 1.807) is 24.3 Å². The first-order valence-electron chi connectivity index (χ1n) is 28.1. The van der Waals surface area contributed by atoms with Crippen LogP contribution in [0.5, 0.6) is 0 Å². The molecule has 14 rings (SSSR count). The van der Waals surface area contributed by atoms with Crippen molar-refractivity contribution in [2.45, 2.75) is 79.1 Å². The molecule has 2 aromatic heterocycles. The molecule has 10 heteroatoms. The summed E-state index contributed by atoms with van der Waals surface area (Å²) in [5.41, 5.74) is 8.56. The van der Waals surface area contributed by atoms with E-state index in [0.29, 0.717) is 98.3 Å². The van der Waals surface area contributed by atoms with Gasteiger partial charge >= 0.3 is 0 Å². The fraction of sp³-hybridized carbons (Fsp3) is 0.167. The van der Waals surface area contributed by atoms with Gasteiger partial charge in [0, 0.05) is 75.9 Å². The first-order chi connectivity index (χ1) is 39.7. The van der Waals surface area contributed by atoms with Crippen LogP contribution in [0.3, 0.4) is 0 Å². The standard InChI is InChI=1S/C72H56N2O8/c1-36(2)41-23-17-24-42(37(3)4)68(41)73-70(76)49-32-57-63-65-59(82-55-30-16-12-22-48(55)47-21-10-14-28-53(47)80-57)34-51-61-50(71(77)74(72(51)78)69-43(38(5)6)25-18-26-44(69)39(7)8)33-58-64(67(61)65)62-56(31-40(35-75)60(49)66(62)63)79-52-27-13-9-19-45(52)46-20-11-15-29-54(46)81-58/h9-39H,1-8H3,(H,73,76). The average Bonchev–Trinajstić information content (AvgIpc) is 1.55. The van der Waals surface area contributed by atoms with Gasteiger partial charge in [0.1, 0.15) is 44.7 Å². The normalized spacial score (nSPS) is 13.0. The summed E-state index contributed by atoms with van der Waals surface area (Å²) in [6.45, 7) is 16.6. The Morgan fingerprint density at radius 1 is 0.402 bits per heavy atom. The van der Waals surface area contributed by atoms with Crippen LogP contribution in [0.25, 0.3) is 109 Å². The highest BCUT2D eigenvalue weighted by molar-refractivity contribution is 6.49. The molecule has 0 saturated heterocycles. The molecule has 0 spiro atoms. The molecule has 3 heterocycles. The van der Waals surface area contributed by atoms with Crippen molar-refractivity contribution in [3.05, 3.63) is 202 Å². The molecule has 0 fully saturated rings. The molecule has 1 aliphatic heterocycles. The number of nitrogens with zero attached hydrogens (tertiary/aromatic N) is 1. The Morgan fingerprint density at radius 2 is 0.756 bits per heavy atom. The summed E-state index contributed by atoms with van der Waals surface area (Å²) in [7, 11) is 0. The number of anilines is 2. The zero-order valence-corrected chi connectivity index (χ0v) is 46.6. The number of carbonyl (C=O) groups is 4. The third-order valence-electron chi connectivity index (χ3n) is 16.6. The predicted molar refractivity (Wildman–Crippen MR) is 331 cm³/mol. The smallest absolute Gasteiger partial charge is 0.266 e. The molecule has 0 atom stereocenters. The van der Waals surface area contributed by atoms with Gasteiger partial charge in [-0.1, -0.05) is 165 Å². The summed E-state index contributed by atoms with van der Waals surface area (Å²) < 4.78 is 29.5. The number of aldehydes is 1. The second-order valence-corrected chi connectivity index (χ2v) is 22.9. The molecule has 402 valence electrons. The Labute approximate surface area is 470 Å². The van der Waals surface area contributed by atoms with Gasteiger partial charge in [-0.15, -0.1) is 0 Å². The summed E-state index contributed by atoms with van der Waals surface area (Å²) >= 11 is 0. The van der Waals surface area contributed by atoms with Crippen LogP contribution >= 0.6 is 0 Å². The van der Waals surface area contributed by atoms with Crippen LogP contribution in [0, 0.1) is 0 Å². The third kappa shape index (κ3) is 7.47. The number of para-hydroxylation sites is 6. The van der Waals surface area contributed by atoms with E-state index in [4.69, 9.17) is 17.7 Å². The Hall–Kier alpha value is -9.80. The van der Waals surface area contributed by atoms with Crippen LogP contribution in [0.1, 0.15) is 143 Å². The van der Waals surface area contributed by atoms with Crippen molar-refractivity contribution in [2.24, 2.45) is 0 Å². The Bertz CT molecular complexity index is 4790. The number of carbonyl (C=O) groups excluding carboxylic acids is 4. The van der Waals surface area contributed by atoms with Gasteiger partial charge in [-0.25, -0.2) is 4.90 Å². The Kier molecular flexibility index (Phi) is 11.6. The van der Waals surface area contributed by atoms with Crippen LogP contribution in [0.2, 0.25) is 0 Å². The van der Waals surface area contributed by atoms with Gasteiger partial charge in [-0.3, -0.25) is 19.2 Å². The fourth-order valence-electron chi connectivity index (χ4n) is 12.9. The zero-order chi connectivity index (χ0) is 56.6. The highest BCUT2D eigenvalue weighted by Gasteiger charge is 2.40. The molecule has 0 bridgehead atoms. The van der Waals surface area contributed by atoms with E-state index < -0.39 is 17.7 Å². The second-order valence-electron chi connectivity index (χ2n) is 22.9. The lowest BCUT2D eigenvalue weighted by atomic mass is 9.81. The maximum absolute atomic E-state index is 16.2. The minimum absolute atomic E-state index is 0.0504. The monoisotopic (exact) mass is 1080 g/mol. The number of hydrogen-bond acceptors (Lipinski definition) is 8. The number of imide groups is 1. The first-order valence-corrected chi connectivity index (χ1v) is 28.1. The number of rotatable bonds is 8. The van der Waals surface area contributed by atoms with Gasteiger partial charge in [-0.05, 0) is 94.5 Å². The van der Waals surface area contributed by atoms with Crippen LogP contribution in [0.15, 0.2) is 175 Å². The van der Waals surface area contributed by atoms with Crippen molar-refractivity contribution in [1.82, 2.24) is 0 Å². The number of nitrogens with one attached hydrogen (secondary N) is 1. The lowest BCUT2D eigenvalue weighted by molar-refractivity contribution is 0.0891. The van der Waals surface area contributed by atoms with Crippen molar-refractivity contribution in [3.63, 3.8) is 0 Å². The van der Waals surface area contributed by atoms with Crippen molar-refractivity contribution in [3.8, 4) is 0 Å². The highest BCUT2D eigenvalue weighted by Crippen LogP contribution is 2.53. The van der Waals surface area contributed by atoms with E-state index in [0.717, 1.165) is 28.5 Å². The molecule has 82 heavy (non-hydrogen) atoms. The summed E-state index contributed by atoms with van der Waals surface area (Å²) in [5.74, 6) is -1.53. The molecule has 10 nitrogen and oxygen atoms in total. The molecular formula is C72H56N2O8. The maximum Gasteiger partial charge on any atom is 0.266 e. The fourth-order valence-corrected chi connectivity index (χ4v) is 12.9. The van der Waals surface area contributed by atoms with Crippen LogP contribution in [-0.4, -0.2) is 24.0 Å². The number of fused-ring (bicyclic) bond motifs is 6. The first kappa shape index (κ1) is 50.4. The third-order valence-corrected chi connectivity index (χ3v) is 16.6. The molecule has 0 radical (unpaired) electrons. The van der Waals surface area contributed by atoms with Crippen molar-refractivity contribution < 1.29 is 36.8 Å². The number of benzene rings is 11. The minimum Gasteiger partial charge on any atom is -0.456 e. The zero-order valence-electron chi connectivity index (χ0n) is 46.6. The molecule has 0 aliphatic carbocycles. The molecule has 11 aromatic carbocycles. The van der Waals surface area contributed by atoms with Crippen molar-refractivity contribution in [1.29, 1.82) is 0 Å². The molecular weight excluding hydrogens is 1020 g/mol. The predicted octanol–water partition coefficient (Wildman–Crippen LogP) is 19.6. The molecule has 0 saturated carbocycles. The lowest BCUT2D eigenvalue weighted by Gasteiger charge is -2.33. The molecule has 1 aliphatic rings. The highest BCUT2D eigenvalue weighted by atomic mass is 16.3. The molecule has 3 amide bonds. The molecule has 1 N–H and O–H groups in total. The van der Waals surface area contributed by atoms with E-state index in [2.05, 4.69) is 60.7 Å². The van der Waals surface area contributed by atoms with E-state index in [1.165, 1.54) is 4.90 Å². The summed E-state index contributed by atoms with van der Waals surface area (Å²) in [5, 5.41) is 9.62. The van der Waals surface area contributed by atoms with Gasteiger partial charge in [-0.2, -0.15) is 0 Å². The summed E-state index contributed by atoms with van der Waals surface area (Å²) in [6, 6.07) is 49.5. The molecule has 13 aromatic rings. The van der Waals surface area contributed by atoms with E-state index in [-0.39, 0.29) is 68.3 Å². The topological polar surface area (TPSA) is 136 Å². The van der Waals surface area contributed by atoms with E-state index >= 15 is 14.4 Å². The van der Waals surface area contributed by atoms with Crippen molar-refractivity contribution >= 4 is 145 Å². The van der Waals surface area contributed by atoms with Gasteiger partial charge < -0.3 is 23.0 Å².